The lowest BCUT2D eigenvalue weighted by molar-refractivity contribution is 0.188. The van der Waals surface area contributed by atoms with E-state index in [-0.39, 0.29) is 0 Å². The number of halogens is 1. The van der Waals surface area contributed by atoms with Crippen LogP contribution in [0.2, 0.25) is 5.02 Å². The summed E-state index contributed by atoms with van der Waals surface area (Å²) < 4.78 is 5.13. The molecule has 23 heavy (non-hydrogen) atoms. The van der Waals surface area contributed by atoms with Crippen molar-refractivity contribution in [3.05, 3.63) is 23.2 Å². The molecular formula is C17H27ClN4O. The first-order valence-electron chi connectivity index (χ1n) is 8.25. The normalized spacial score (nSPS) is 17.3. The molecule has 0 saturated carbocycles. The van der Waals surface area contributed by atoms with Crippen molar-refractivity contribution in [2.75, 3.05) is 38.6 Å². The number of rotatable bonds is 6. The van der Waals surface area contributed by atoms with Gasteiger partial charge in [-0.05, 0) is 63.0 Å². The summed E-state index contributed by atoms with van der Waals surface area (Å²) in [7, 11) is 1.59. The maximum Gasteiger partial charge on any atom is 0.193 e. The molecule has 1 fully saturated rings. The summed E-state index contributed by atoms with van der Waals surface area (Å²) in [6.07, 6.45) is 3.64. The molecule has 1 heterocycles. The van der Waals surface area contributed by atoms with E-state index in [1.807, 2.05) is 6.07 Å². The number of anilines is 1. The van der Waals surface area contributed by atoms with Crippen LogP contribution in [0.4, 0.5) is 5.69 Å². The predicted molar refractivity (Wildman–Crippen MR) is 97.6 cm³/mol. The molecule has 5 nitrogen and oxygen atoms in total. The smallest absolute Gasteiger partial charge is 0.193 e. The average Bonchev–Trinajstić information content (AvgIpc) is 2.55. The van der Waals surface area contributed by atoms with Gasteiger partial charge >= 0.3 is 0 Å². The molecule has 0 aliphatic carbocycles. The largest absolute Gasteiger partial charge is 0.495 e. The van der Waals surface area contributed by atoms with Crippen LogP contribution in [0.3, 0.4) is 0 Å². The lowest BCUT2D eigenvalue weighted by atomic mass is 9.94. The number of methoxy groups -OCH3 is 1. The van der Waals surface area contributed by atoms with Crippen LogP contribution in [-0.4, -0.2) is 44.1 Å². The van der Waals surface area contributed by atoms with Crippen LogP contribution in [0, 0.1) is 5.92 Å². The van der Waals surface area contributed by atoms with Gasteiger partial charge in [-0.25, -0.2) is 0 Å². The van der Waals surface area contributed by atoms with Crippen molar-refractivity contribution < 1.29 is 4.74 Å². The highest BCUT2D eigenvalue weighted by atomic mass is 35.5. The van der Waals surface area contributed by atoms with E-state index in [1.165, 1.54) is 25.9 Å². The Morgan fingerprint density at radius 2 is 2.17 bits per heavy atom. The minimum absolute atomic E-state index is 0.428. The number of nitrogens with one attached hydrogen (secondary N) is 1. The summed E-state index contributed by atoms with van der Waals surface area (Å²) in [5, 5.41) is 3.62. The van der Waals surface area contributed by atoms with Crippen LogP contribution < -0.4 is 15.8 Å². The fourth-order valence-corrected chi connectivity index (χ4v) is 3.15. The molecule has 0 bridgehead atoms. The number of ether oxygens (including phenoxy) is 1. The van der Waals surface area contributed by atoms with Gasteiger partial charge in [-0.3, -0.25) is 4.99 Å². The molecule has 6 heteroatoms. The maximum absolute atomic E-state index is 6.09. The minimum Gasteiger partial charge on any atom is -0.495 e. The topological polar surface area (TPSA) is 62.9 Å². The number of hydrogen-bond acceptors (Lipinski definition) is 3. The van der Waals surface area contributed by atoms with Gasteiger partial charge in [0.1, 0.15) is 5.75 Å². The van der Waals surface area contributed by atoms with E-state index in [4.69, 9.17) is 22.1 Å². The third kappa shape index (κ3) is 5.59. The number of likely N-dealkylation sites (tertiary alicyclic amines) is 1. The predicted octanol–water partition coefficient (Wildman–Crippen LogP) is 3.20. The molecule has 1 aliphatic rings. The molecule has 0 aromatic heterocycles. The van der Waals surface area contributed by atoms with Crippen molar-refractivity contribution in [1.82, 2.24) is 4.90 Å². The second-order valence-corrected chi connectivity index (χ2v) is 6.31. The molecule has 2 rings (SSSR count). The number of benzene rings is 1. The second-order valence-electron chi connectivity index (χ2n) is 5.91. The monoisotopic (exact) mass is 338 g/mol. The number of piperidine rings is 1. The first kappa shape index (κ1) is 17.9. The van der Waals surface area contributed by atoms with Crippen molar-refractivity contribution in [3.63, 3.8) is 0 Å². The fourth-order valence-electron chi connectivity index (χ4n) is 2.89. The number of nitrogens with zero attached hydrogens (tertiary/aromatic N) is 2. The first-order chi connectivity index (χ1) is 11.1. The van der Waals surface area contributed by atoms with Crippen molar-refractivity contribution in [2.24, 2.45) is 16.6 Å². The molecule has 0 spiro atoms. The fraction of sp³-hybridized carbons (Fsp3) is 0.588. The van der Waals surface area contributed by atoms with Gasteiger partial charge in [0, 0.05) is 12.2 Å². The zero-order chi connectivity index (χ0) is 16.7. The quantitative estimate of drug-likeness (QED) is 0.617. The van der Waals surface area contributed by atoms with E-state index in [0.717, 1.165) is 31.1 Å². The zero-order valence-electron chi connectivity index (χ0n) is 14.0. The third-order valence-corrected chi connectivity index (χ3v) is 4.69. The summed E-state index contributed by atoms with van der Waals surface area (Å²) in [4.78, 5) is 6.92. The molecule has 1 aromatic rings. The van der Waals surface area contributed by atoms with Gasteiger partial charge in [0.05, 0.1) is 12.1 Å². The van der Waals surface area contributed by atoms with Crippen LogP contribution in [0.25, 0.3) is 0 Å². The molecule has 1 aromatic carbocycles. The minimum atomic E-state index is 0.428. The summed E-state index contributed by atoms with van der Waals surface area (Å²) in [5.74, 6) is 1.84. The Kier molecular flexibility index (Phi) is 6.99. The molecule has 0 amide bonds. The Morgan fingerprint density at radius 3 is 2.78 bits per heavy atom. The Labute approximate surface area is 143 Å². The highest BCUT2D eigenvalue weighted by Crippen LogP contribution is 2.27. The van der Waals surface area contributed by atoms with Crippen LogP contribution in [0.1, 0.15) is 26.2 Å². The van der Waals surface area contributed by atoms with Crippen LogP contribution >= 0.6 is 11.6 Å². The van der Waals surface area contributed by atoms with Crippen LogP contribution in [-0.2, 0) is 0 Å². The highest BCUT2D eigenvalue weighted by Gasteiger charge is 2.17. The van der Waals surface area contributed by atoms with Gasteiger partial charge < -0.3 is 20.7 Å². The Bertz CT molecular complexity index is 527. The molecular weight excluding hydrogens is 312 g/mol. The summed E-state index contributed by atoms with van der Waals surface area (Å²) in [6.45, 7) is 6.57. The molecule has 128 valence electrons. The molecule has 0 unspecified atom stereocenters. The third-order valence-electron chi connectivity index (χ3n) is 4.40. The zero-order valence-corrected chi connectivity index (χ0v) is 14.8. The summed E-state index contributed by atoms with van der Waals surface area (Å²) >= 11 is 6.09. The van der Waals surface area contributed by atoms with Gasteiger partial charge in [-0.2, -0.15) is 0 Å². The van der Waals surface area contributed by atoms with Gasteiger partial charge in [0.25, 0.3) is 0 Å². The van der Waals surface area contributed by atoms with Gasteiger partial charge in [-0.15, -0.1) is 0 Å². The first-order valence-corrected chi connectivity index (χ1v) is 8.63. The Morgan fingerprint density at radius 1 is 1.43 bits per heavy atom. The van der Waals surface area contributed by atoms with Gasteiger partial charge in [0.2, 0.25) is 0 Å². The van der Waals surface area contributed by atoms with E-state index >= 15 is 0 Å². The molecule has 3 N–H and O–H groups in total. The molecule has 1 aliphatic heterocycles. The number of guanidine groups is 1. The highest BCUT2D eigenvalue weighted by molar-refractivity contribution is 6.32. The van der Waals surface area contributed by atoms with Crippen molar-refractivity contribution in [1.29, 1.82) is 0 Å². The Balaban J connectivity index is 1.76. The SMILES string of the molecule is CCN1CCC(CCN=C(N)Nc2ccc(OC)c(Cl)c2)CC1. The summed E-state index contributed by atoms with van der Waals surface area (Å²) in [5.41, 5.74) is 6.76. The van der Waals surface area contributed by atoms with Gasteiger partial charge in [-0.1, -0.05) is 18.5 Å². The lowest BCUT2D eigenvalue weighted by Crippen LogP contribution is -2.33. The number of hydrogen-bond donors (Lipinski definition) is 2. The van der Waals surface area contributed by atoms with Crippen LogP contribution in [0.15, 0.2) is 23.2 Å². The van der Waals surface area contributed by atoms with Crippen LogP contribution in [0.5, 0.6) is 5.75 Å². The Hall–Kier alpha value is -1.46. The molecule has 1 saturated heterocycles. The maximum atomic E-state index is 6.09. The summed E-state index contributed by atoms with van der Waals surface area (Å²) in [6, 6.07) is 5.45. The average molecular weight is 339 g/mol. The van der Waals surface area contributed by atoms with E-state index in [0.29, 0.717) is 16.7 Å². The molecule has 0 atom stereocenters. The van der Waals surface area contributed by atoms with Gasteiger partial charge in [0.15, 0.2) is 5.96 Å². The van der Waals surface area contributed by atoms with Crippen molar-refractivity contribution in [2.45, 2.75) is 26.2 Å². The van der Waals surface area contributed by atoms with E-state index < -0.39 is 0 Å². The number of aliphatic imine (C=N–C) groups is 1. The molecule has 0 radical (unpaired) electrons. The van der Waals surface area contributed by atoms with Crippen molar-refractivity contribution >= 4 is 23.2 Å². The standard InChI is InChI=1S/C17H27ClN4O/c1-3-22-10-7-13(8-11-22)6-9-20-17(19)21-14-4-5-16(23-2)15(18)12-14/h4-5,12-13H,3,6-11H2,1-2H3,(H3,19,20,21). The number of nitrogens with two attached hydrogens (primary N) is 1. The van der Waals surface area contributed by atoms with E-state index in [2.05, 4.69) is 22.1 Å². The van der Waals surface area contributed by atoms with E-state index in [9.17, 15) is 0 Å². The van der Waals surface area contributed by atoms with Crippen molar-refractivity contribution in [3.8, 4) is 5.75 Å². The van der Waals surface area contributed by atoms with E-state index in [1.54, 1.807) is 19.2 Å². The lowest BCUT2D eigenvalue weighted by Gasteiger charge is -2.30. The second kappa shape index (κ2) is 8.99.